The second-order valence-electron chi connectivity index (χ2n) is 6.89. The fraction of sp³-hybridized carbons (Fsp3) is 0.208. The Morgan fingerprint density at radius 3 is 2.43 bits per heavy atom. The van der Waals surface area contributed by atoms with E-state index in [1.54, 1.807) is 0 Å². The zero-order valence-corrected chi connectivity index (χ0v) is 15.7. The summed E-state index contributed by atoms with van der Waals surface area (Å²) in [6, 6.07) is 23.0. The number of ether oxygens (including phenoxy) is 2. The fourth-order valence-electron chi connectivity index (χ4n) is 3.41. The Kier molecular flexibility index (Phi) is 5.57. The largest absolute Gasteiger partial charge is 0.484 e. The Bertz CT molecular complexity index is 953. The molecule has 0 spiro atoms. The van der Waals surface area contributed by atoms with Crippen molar-refractivity contribution >= 4 is 11.6 Å². The minimum absolute atomic E-state index is 0.0432. The number of carbonyl (C=O) groups is 1. The van der Waals surface area contributed by atoms with E-state index in [0.29, 0.717) is 11.4 Å². The smallest absolute Gasteiger partial charge is 0.262 e. The summed E-state index contributed by atoms with van der Waals surface area (Å²) in [5.74, 6) is 1.83. The summed E-state index contributed by atoms with van der Waals surface area (Å²) in [6.45, 7) is -0.0432. The van der Waals surface area contributed by atoms with Crippen molar-refractivity contribution in [1.82, 2.24) is 0 Å². The lowest BCUT2D eigenvalue weighted by molar-refractivity contribution is -0.118. The number of fused-ring (bicyclic) bond motifs is 1. The molecule has 3 aromatic carbocycles. The number of benzene rings is 3. The van der Waals surface area contributed by atoms with Crippen LogP contribution in [0.15, 0.2) is 72.8 Å². The molecular formula is C24H23NO3. The van der Waals surface area contributed by atoms with Crippen LogP contribution < -0.4 is 14.8 Å². The average Bonchev–Trinajstić information content (AvgIpc) is 2.74. The third kappa shape index (κ3) is 4.52. The standard InChI is InChI=1S/C24H23NO3/c26-24(17-27-21-15-14-18-8-4-5-9-19(18)16-21)25-22-12-6-7-13-23(22)28-20-10-2-1-3-11-20/h1-3,6-7,10-16H,4-5,8-9,17H2,(H,25,26). The lowest BCUT2D eigenvalue weighted by Gasteiger charge is -2.17. The highest BCUT2D eigenvalue weighted by Crippen LogP contribution is 2.29. The van der Waals surface area contributed by atoms with Crippen LogP contribution in [0.2, 0.25) is 0 Å². The van der Waals surface area contributed by atoms with Gasteiger partial charge in [0.25, 0.3) is 5.91 Å². The Labute approximate surface area is 165 Å². The topological polar surface area (TPSA) is 47.6 Å². The van der Waals surface area contributed by atoms with E-state index in [1.807, 2.05) is 60.7 Å². The third-order valence-electron chi connectivity index (χ3n) is 4.82. The zero-order chi connectivity index (χ0) is 19.2. The SMILES string of the molecule is O=C(COc1ccc2c(c1)CCCC2)Nc1ccccc1Oc1ccccc1. The predicted molar refractivity (Wildman–Crippen MR) is 110 cm³/mol. The van der Waals surface area contributed by atoms with Gasteiger partial charge < -0.3 is 14.8 Å². The Balaban J connectivity index is 1.38. The van der Waals surface area contributed by atoms with Crippen LogP contribution in [0.5, 0.6) is 17.2 Å². The predicted octanol–water partition coefficient (Wildman–Crippen LogP) is 5.38. The first-order valence-corrected chi connectivity index (χ1v) is 9.64. The van der Waals surface area contributed by atoms with Crippen LogP contribution in [-0.2, 0) is 17.6 Å². The lowest BCUT2D eigenvalue weighted by Crippen LogP contribution is -2.20. The van der Waals surface area contributed by atoms with Gasteiger partial charge >= 0.3 is 0 Å². The first-order valence-electron chi connectivity index (χ1n) is 9.64. The van der Waals surface area contributed by atoms with Crippen LogP contribution in [0, 0.1) is 0 Å². The van der Waals surface area contributed by atoms with Crippen LogP contribution in [0.1, 0.15) is 24.0 Å². The molecule has 1 N–H and O–H groups in total. The van der Waals surface area contributed by atoms with E-state index >= 15 is 0 Å². The molecule has 0 atom stereocenters. The van der Waals surface area contributed by atoms with E-state index in [-0.39, 0.29) is 12.5 Å². The van der Waals surface area contributed by atoms with Crippen molar-refractivity contribution in [3.8, 4) is 17.2 Å². The second-order valence-corrected chi connectivity index (χ2v) is 6.89. The summed E-state index contributed by atoms with van der Waals surface area (Å²) in [5, 5.41) is 2.87. The maximum Gasteiger partial charge on any atom is 0.262 e. The van der Waals surface area contributed by atoms with Gasteiger partial charge in [-0.15, -0.1) is 0 Å². The molecule has 0 aromatic heterocycles. The lowest BCUT2D eigenvalue weighted by atomic mass is 9.92. The number of carbonyl (C=O) groups excluding carboxylic acids is 1. The van der Waals surface area contributed by atoms with E-state index in [1.165, 1.54) is 24.0 Å². The van der Waals surface area contributed by atoms with E-state index in [9.17, 15) is 4.79 Å². The minimum Gasteiger partial charge on any atom is -0.484 e. The zero-order valence-electron chi connectivity index (χ0n) is 15.7. The monoisotopic (exact) mass is 373 g/mol. The van der Waals surface area contributed by atoms with Gasteiger partial charge in [0, 0.05) is 0 Å². The molecular weight excluding hydrogens is 350 g/mol. The first-order chi connectivity index (χ1) is 13.8. The third-order valence-corrected chi connectivity index (χ3v) is 4.82. The molecule has 4 rings (SSSR count). The van der Waals surface area contributed by atoms with Crippen LogP contribution in [0.25, 0.3) is 0 Å². The van der Waals surface area contributed by atoms with Gasteiger partial charge in [0.05, 0.1) is 5.69 Å². The van der Waals surface area contributed by atoms with Crippen molar-refractivity contribution in [2.45, 2.75) is 25.7 Å². The summed E-state index contributed by atoms with van der Waals surface area (Å²) in [5.41, 5.74) is 3.35. The second kappa shape index (κ2) is 8.61. The molecule has 0 saturated heterocycles. The van der Waals surface area contributed by atoms with E-state index in [2.05, 4.69) is 17.4 Å². The highest BCUT2D eigenvalue weighted by atomic mass is 16.5. The molecule has 0 bridgehead atoms. The van der Waals surface area contributed by atoms with Crippen LogP contribution in [0.3, 0.4) is 0 Å². The summed E-state index contributed by atoms with van der Waals surface area (Å²) >= 11 is 0. The number of anilines is 1. The molecule has 142 valence electrons. The normalized spacial score (nSPS) is 12.7. The summed E-state index contributed by atoms with van der Waals surface area (Å²) in [7, 11) is 0. The van der Waals surface area contributed by atoms with Crippen molar-refractivity contribution < 1.29 is 14.3 Å². The van der Waals surface area contributed by atoms with Crippen LogP contribution >= 0.6 is 0 Å². The minimum atomic E-state index is -0.221. The quantitative estimate of drug-likeness (QED) is 0.631. The molecule has 0 fully saturated rings. The Hall–Kier alpha value is -3.27. The van der Waals surface area contributed by atoms with E-state index in [4.69, 9.17) is 9.47 Å². The molecule has 3 aromatic rings. The van der Waals surface area contributed by atoms with Crippen molar-refractivity contribution in [3.05, 3.63) is 83.9 Å². The van der Waals surface area contributed by atoms with Crippen molar-refractivity contribution in [2.24, 2.45) is 0 Å². The van der Waals surface area contributed by atoms with Crippen molar-refractivity contribution in [3.63, 3.8) is 0 Å². The molecule has 4 nitrogen and oxygen atoms in total. The van der Waals surface area contributed by atoms with Gasteiger partial charge in [-0.3, -0.25) is 4.79 Å². The summed E-state index contributed by atoms with van der Waals surface area (Å²) < 4.78 is 11.6. The van der Waals surface area contributed by atoms with Crippen molar-refractivity contribution in [2.75, 3.05) is 11.9 Å². The number of amides is 1. The molecule has 0 heterocycles. The Morgan fingerprint density at radius 1 is 0.821 bits per heavy atom. The molecule has 0 unspecified atom stereocenters. The average molecular weight is 373 g/mol. The fourth-order valence-corrected chi connectivity index (χ4v) is 3.41. The number of hydrogen-bond acceptors (Lipinski definition) is 3. The summed E-state index contributed by atoms with van der Waals surface area (Å²) in [4.78, 5) is 12.4. The molecule has 4 heteroatoms. The van der Waals surface area contributed by atoms with Gasteiger partial charge in [0.1, 0.15) is 11.5 Å². The number of hydrogen-bond donors (Lipinski definition) is 1. The molecule has 1 aliphatic rings. The summed E-state index contributed by atoms with van der Waals surface area (Å²) in [6.07, 6.45) is 4.69. The van der Waals surface area contributed by atoms with Gasteiger partial charge in [-0.2, -0.15) is 0 Å². The molecule has 0 saturated carbocycles. The van der Waals surface area contributed by atoms with E-state index < -0.39 is 0 Å². The molecule has 1 amide bonds. The molecule has 1 aliphatic carbocycles. The molecule has 0 radical (unpaired) electrons. The van der Waals surface area contributed by atoms with Gasteiger partial charge in [0.15, 0.2) is 12.4 Å². The maximum absolute atomic E-state index is 12.4. The highest BCUT2D eigenvalue weighted by Gasteiger charge is 2.12. The number of aryl methyl sites for hydroxylation is 2. The van der Waals surface area contributed by atoms with Gasteiger partial charge in [-0.1, -0.05) is 36.4 Å². The number of rotatable bonds is 6. The molecule has 0 aliphatic heterocycles. The number of para-hydroxylation sites is 3. The maximum atomic E-state index is 12.4. The Morgan fingerprint density at radius 2 is 1.57 bits per heavy atom. The first kappa shape index (κ1) is 18.1. The molecule has 28 heavy (non-hydrogen) atoms. The van der Waals surface area contributed by atoms with Crippen molar-refractivity contribution in [1.29, 1.82) is 0 Å². The van der Waals surface area contributed by atoms with Gasteiger partial charge in [-0.05, 0) is 73.2 Å². The highest BCUT2D eigenvalue weighted by molar-refractivity contribution is 5.93. The van der Waals surface area contributed by atoms with Crippen LogP contribution in [-0.4, -0.2) is 12.5 Å². The number of nitrogens with one attached hydrogen (secondary N) is 1. The van der Waals surface area contributed by atoms with Crippen LogP contribution in [0.4, 0.5) is 5.69 Å². The van der Waals surface area contributed by atoms with Gasteiger partial charge in [-0.25, -0.2) is 0 Å². The van der Waals surface area contributed by atoms with Gasteiger partial charge in [0.2, 0.25) is 0 Å². The van der Waals surface area contributed by atoms with E-state index in [0.717, 1.165) is 24.3 Å².